The van der Waals surface area contributed by atoms with E-state index in [2.05, 4.69) is 0 Å². The van der Waals surface area contributed by atoms with E-state index in [1.807, 2.05) is 182 Å². The first-order chi connectivity index (χ1) is 23.2. The van der Waals surface area contributed by atoms with Gasteiger partial charge < -0.3 is 23.7 Å². The molecule has 0 spiro atoms. The molecular weight excluding hydrogens is 584 g/mol. The van der Waals surface area contributed by atoms with Gasteiger partial charge in [0.05, 0.1) is 0 Å². The highest BCUT2D eigenvalue weighted by Gasteiger charge is 2.08. The number of hydrogen-bond acceptors (Lipinski definition) is 5. The number of hydrogen-bond donors (Lipinski definition) is 0. The molecule has 5 heteroatoms. The molecule has 0 heterocycles. The zero-order chi connectivity index (χ0) is 31.7. The van der Waals surface area contributed by atoms with E-state index in [0.717, 1.165) is 22.6 Å². The molecule has 5 nitrogen and oxygen atoms in total. The molecule has 0 saturated carbocycles. The van der Waals surface area contributed by atoms with Gasteiger partial charge in [0.15, 0.2) is 0 Å². The quantitative estimate of drug-likeness (QED) is 0.145. The summed E-state index contributed by atoms with van der Waals surface area (Å²) < 4.78 is 30.5. The smallest absolute Gasteiger partial charge is 0.131 e. The molecule has 0 saturated heterocycles. The van der Waals surface area contributed by atoms with Gasteiger partial charge in [-0.15, -0.1) is 0 Å². The lowest BCUT2D eigenvalue weighted by Gasteiger charge is -2.12. The van der Waals surface area contributed by atoms with Gasteiger partial charge >= 0.3 is 0 Å². The molecule has 0 aliphatic carbocycles. The van der Waals surface area contributed by atoms with Crippen LogP contribution in [-0.4, -0.2) is 0 Å². The minimum Gasteiger partial charge on any atom is -0.457 e. The summed E-state index contributed by atoms with van der Waals surface area (Å²) in [5.74, 6) is 7.01. The lowest BCUT2D eigenvalue weighted by Crippen LogP contribution is -1.89. The van der Waals surface area contributed by atoms with E-state index in [1.54, 1.807) is 0 Å². The second kappa shape index (κ2) is 14.1. The van der Waals surface area contributed by atoms with Crippen molar-refractivity contribution < 1.29 is 23.7 Å². The molecule has 0 fully saturated rings. The van der Waals surface area contributed by atoms with Gasteiger partial charge in [0.25, 0.3) is 0 Å². The zero-order valence-corrected chi connectivity index (χ0v) is 25.4. The molecule has 47 heavy (non-hydrogen) atoms. The molecule has 0 atom stereocenters. The molecule has 0 N–H and O–H groups in total. The largest absolute Gasteiger partial charge is 0.457 e. The third-order valence-electron chi connectivity index (χ3n) is 7.08. The predicted octanol–water partition coefficient (Wildman–Crippen LogP) is 12.3. The van der Waals surface area contributed by atoms with Crippen molar-refractivity contribution >= 4 is 0 Å². The summed E-state index contributed by atoms with van der Waals surface area (Å²) in [5.41, 5.74) is 2.00. The molecule has 0 aromatic heterocycles. The van der Waals surface area contributed by atoms with Crippen LogP contribution in [0, 0.1) is 0 Å². The molecule has 7 aromatic rings. The van der Waals surface area contributed by atoms with Crippen molar-refractivity contribution in [3.8, 4) is 68.6 Å². The average molecular weight is 615 g/mol. The van der Waals surface area contributed by atoms with E-state index in [-0.39, 0.29) is 0 Å². The van der Waals surface area contributed by atoms with Crippen LogP contribution in [0.15, 0.2) is 182 Å². The number of rotatable bonds is 11. The first-order valence-corrected chi connectivity index (χ1v) is 15.2. The Morgan fingerprint density at radius 3 is 0.745 bits per heavy atom. The second-order valence-electron chi connectivity index (χ2n) is 10.6. The van der Waals surface area contributed by atoms with Crippen LogP contribution in [-0.2, 0) is 0 Å². The van der Waals surface area contributed by atoms with Gasteiger partial charge in [0.1, 0.15) is 57.5 Å². The van der Waals surface area contributed by atoms with Crippen LogP contribution >= 0.6 is 0 Å². The lowest BCUT2D eigenvalue weighted by molar-refractivity contribution is 0.451. The van der Waals surface area contributed by atoms with E-state index >= 15 is 0 Å². The molecule has 0 aliphatic rings. The van der Waals surface area contributed by atoms with Crippen LogP contribution in [0.4, 0.5) is 0 Å². The van der Waals surface area contributed by atoms with E-state index in [9.17, 15) is 0 Å². The van der Waals surface area contributed by atoms with Crippen molar-refractivity contribution in [3.63, 3.8) is 0 Å². The predicted molar refractivity (Wildman–Crippen MR) is 184 cm³/mol. The third kappa shape index (κ3) is 7.98. The van der Waals surface area contributed by atoms with Crippen molar-refractivity contribution in [3.05, 3.63) is 182 Å². The number of para-hydroxylation sites is 2. The highest BCUT2D eigenvalue weighted by atomic mass is 16.5. The van der Waals surface area contributed by atoms with Crippen LogP contribution in [0.3, 0.4) is 0 Å². The molecule has 228 valence electrons. The van der Waals surface area contributed by atoms with Crippen molar-refractivity contribution in [2.75, 3.05) is 0 Å². The average Bonchev–Trinajstić information content (AvgIpc) is 3.10. The van der Waals surface area contributed by atoms with Crippen LogP contribution in [0.25, 0.3) is 11.1 Å². The fraction of sp³-hybridized carbons (Fsp3) is 0. The summed E-state index contributed by atoms with van der Waals surface area (Å²) in [6, 6.07) is 58.0. The second-order valence-corrected chi connectivity index (χ2v) is 10.6. The Labute approximate surface area is 273 Å². The summed E-state index contributed by atoms with van der Waals surface area (Å²) >= 11 is 0. The maximum Gasteiger partial charge on any atom is 0.131 e. The van der Waals surface area contributed by atoms with Crippen LogP contribution < -0.4 is 23.7 Å². The third-order valence-corrected chi connectivity index (χ3v) is 7.08. The van der Waals surface area contributed by atoms with Gasteiger partial charge in [-0.2, -0.15) is 0 Å². The van der Waals surface area contributed by atoms with Crippen LogP contribution in [0.1, 0.15) is 0 Å². The molecule has 0 radical (unpaired) electrons. The normalized spacial score (nSPS) is 10.6. The van der Waals surface area contributed by atoms with Crippen LogP contribution in [0.5, 0.6) is 57.5 Å². The highest BCUT2D eigenvalue weighted by molar-refractivity contribution is 5.67. The Bertz CT molecular complexity index is 2080. The molecular formula is C42H30O5. The topological polar surface area (TPSA) is 46.2 Å². The Morgan fingerprint density at radius 2 is 0.426 bits per heavy atom. The van der Waals surface area contributed by atoms with Crippen molar-refractivity contribution in [1.82, 2.24) is 0 Å². The van der Waals surface area contributed by atoms with Crippen molar-refractivity contribution in [1.29, 1.82) is 0 Å². The zero-order valence-electron chi connectivity index (χ0n) is 25.4. The van der Waals surface area contributed by atoms with Gasteiger partial charge in [0, 0.05) is 18.2 Å². The minimum atomic E-state index is 0.651. The molecule has 7 aromatic carbocycles. The van der Waals surface area contributed by atoms with Gasteiger partial charge in [-0.25, -0.2) is 0 Å². The standard InChI is InChI=1S/C42H30O5/c1-3-14-33(15-4-1)43-37-20-9-22-39(28-37)45-35-18-7-12-31(26-35)32-13-8-19-36(27-32)46-40-23-11-25-42(30-40)47-41-24-10-21-38(29-41)44-34-16-5-2-6-17-34/h1-30H. The fourth-order valence-electron chi connectivity index (χ4n) is 4.94. The lowest BCUT2D eigenvalue weighted by atomic mass is 10.1. The molecule has 0 aliphatic heterocycles. The molecule has 0 bridgehead atoms. The number of benzene rings is 7. The Hall–Kier alpha value is -6.46. The van der Waals surface area contributed by atoms with Gasteiger partial charge in [0.2, 0.25) is 0 Å². The molecule has 0 amide bonds. The summed E-state index contributed by atoms with van der Waals surface area (Å²) in [4.78, 5) is 0. The summed E-state index contributed by atoms with van der Waals surface area (Å²) in [6.45, 7) is 0. The highest BCUT2D eigenvalue weighted by Crippen LogP contribution is 2.34. The van der Waals surface area contributed by atoms with E-state index < -0.39 is 0 Å². The fourth-order valence-corrected chi connectivity index (χ4v) is 4.94. The monoisotopic (exact) mass is 614 g/mol. The Kier molecular flexibility index (Phi) is 8.78. The van der Waals surface area contributed by atoms with Gasteiger partial charge in [-0.3, -0.25) is 0 Å². The molecule has 7 rings (SSSR count). The molecule has 0 unspecified atom stereocenters. The van der Waals surface area contributed by atoms with Crippen molar-refractivity contribution in [2.24, 2.45) is 0 Å². The van der Waals surface area contributed by atoms with E-state index in [0.29, 0.717) is 46.0 Å². The van der Waals surface area contributed by atoms with E-state index in [4.69, 9.17) is 23.7 Å². The SMILES string of the molecule is c1ccc(Oc2cccc(Oc3cccc(Oc4cccc(-c5cccc(Oc6cccc(Oc7ccccc7)c6)c5)c4)c3)c2)cc1. The minimum absolute atomic E-state index is 0.651. The summed E-state index contributed by atoms with van der Waals surface area (Å²) in [5, 5.41) is 0. The van der Waals surface area contributed by atoms with Crippen molar-refractivity contribution in [2.45, 2.75) is 0 Å². The maximum atomic E-state index is 6.26. The maximum absolute atomic E-state index is 6.26. The summed E-state index contributed by atoms with van der Waals surface area (Å²) in [6.07, 6.45) is 0. The summed E-state index contributed by atoms with van der Waals surface area (Å²) in [7, 11) is 0. The number of ether oxygens (including phenoxy) is 5. The van der Waals surface area contributed by atoms with Gasteiger partial charge in [-0.05, 0) is 96.1 Å². The Morgan fingerprint density at radius 1 is 0.191 bits per heavy atom. The van der Waals surface area contributed by atoms with Gasteiger partial charge in [-0.1, -0.05) is 78.9 Å². The first-order valence-electron chi connectivity index (χ1n) is 15.2. The first kappa shape index (κ1) is 29.3. The van der Waals surface area contributed by atoms with E-state index in [1.165, 1.54) is 0 Å². The van der Waals surface area contributed by atoms with Crippen LogP contribution in [0.2, 0.25) is 0 Å². The Balaban J connectivity index is 1.02.